The highest BCUT2D eigenvalue weighted by Gasteiger charge is 2.45. The van der Waals surface area contributed by atoms with E-state index in [4.69, 9.17) is 0 Å². The highest BCUT2D eigenvalue weighted by atomic mass is 79.9. The molecule has 2 saturated heterocycles. The number of anilines is 1. The Hall–Kier alpha value is -1.20. The van der Waals surface area contributed by atoms with E-state index in [2.05, 4.69) is 15.9 Å². The zero-order valence-electron chi connectivity index (χ0n) is 12.7. The van der Waals surface area contributed by atoms with Crippen molar-refractivity contribution in [2.75, 3.05) is 18.0 Å². The molecule has 0 aromatic heterocycles. The number of carbonyl (C=O) groups is 2. The van der Waals surface area contributed by atoms with Crippen molar-refractivity contribution in [3.8, 4) is 0 Å². The van der Waals surface area contributed by atoms with Crippen molar-refractivity contribution in [3.05, 3.63) is 28.7 Å². The van der Waals surface area contributed by atoms with Crippen LogP contribution in [0.1, 0.15) is 38.5 Å². The van der Waals surface area contributed by atoms with Crippen LogP contribution in [0.5, 0.6) is 0 Å². The van der Waals surface area contributed by atoms with E-state index in [9.17, 15) is 9.59 Å². The van der Waals surface area contributed by atoms with Gasteiger partial charge in [-0.2, -0.15) is 0 Å². The number of imide groups is 1. The summed E-state index contributed by atoms with van der Waals surface area (Å²) in [5.74, 6) is -0.0882. The molecule has 0 spiro atoms. The number of hydrogen-bond donors (Lipinski definition) is 1. The molecule has 2 amide bonds. The fraction of sp³-hybridized carbons (Fsp3) is 0.529. The fourth-order valence-corrected chi connectivity index (χ4v) is 3.78. The Balaban J connectivity index is 1.76. The van der Waals surface area contributed by atoms with Gasteiger partial charge in [0.05, 0.1) is 25.2 Å². The summed E-state index contributed by atoms with van der Waals surface area (Å²) in [5, 5.41) is 0. The molecule has 22 heavy (non-hydrogen) atoms. The molecule has 2 fully saturated rings. The number of rotatable bonds is 2. The summed E-state index contributed by atoms with van der Waals surface area (Å²) in [6.07, 6.45) is 6.46. The van der Waals surface area contributed by atoms with Crippen LogP contribution >= 0.6 is 15.9 Å². The molecule has 0 unspecified atom stereocenters. The van der Waals surface area contributed by atoms with Crippen LogP contribution in [0.3, 0.4) is 0 Å². The Bertz CT molecular complexity index is 550. The lowest BCUT2D eigenvalue weighted by Crippen LogP contribution is -3.16. The van der Waals surface area contributed by atoms with Crippen molar-refractivity contribution in [2.45, 2.75) is 44.6 Å². The highest BCUT2D eigenvalue weighted by Crippen LogP contribution is 2.24. The Morgan fingerprint density at radius 2 is 1.55 bits per heavy atom. The first-order valence-electron chi connectivity index (χ1n) is 8.14. The van der Waals surface area contributed by atoms with Crippen LogP contribution in [0.2, 0.25) is 0 Å². The zero-order valence-corrected chi connectivity index (χ0v) is 14.3. The van der Waals surface area contributed by atoms with Gasteiger partial charge in [-0.05, 0) is 49.9 Å². The monoisotopic (exact) mass is 365 g/mol. The highest BCUT2D eigenvalue weighted by molar-refractivity contribution is 9.10. The Morgan fingerprint density at radius 1 is 0.955 bits per heavy atom. The first kappa shape index (κ1) is 15.7. The third-order valence-corrected chi connectivity index (χ3v) is 5.25. The minimum absolute atomic E-state index is 0.0251. The maximum absolute atomic E-state index is 12.8. The van der Waals surface area contributed by atoms with Gasteiger partial charge in [0.25, 0.3) is 5.91 Å². The minimum atomic E-state index is -0.186. The van der Waals surface area contributed by atoms with Gasteiger partial charge in [-0.1, -0.05) is 22.4 Å². The number of nitrogens with one attached hydrogen (secondary N) is 1. The van der Waals surface area contributed by atoms with Gasteiger partial charge in [0, 0.05) is 4.47 Å². The predicted molar refractivity (Wildman–Crippen MR) is 88.8 cm³/mol. The summed E-state index contributed by atoms with van der Waals surface area (Å²) >= 11 is 3.38. The molecule has 0 aliphatic carbocycles. The lowest BCUT2D eigenvalue weighted by atomic mass is 10.1. The van der Waals surface area contributed by atoms with E-state index in [1.165, 1.54) is 29.1 Å². The van der Waals surface area contributed by atoms with Crippen LogP contribution in [0.15, 0.2) is 28.7 Å². The van der Waals surface area contributed by atoms with E-state index in [0.717, 1.165) is 30.4 Å². The standard InChI is InChI=1S/C17H21BrN2O2/c18-13-6-8-14(9-7-13)20-16(21)12-15(17(20)22)19-10-4-2-1-3-5-11-19/h6-9,15H,1-5,10-12H2/p+1/t15-/m1/s1. The summed E-state index contributed by atoms with van der Waals surface area (Å²) in [6, 6.07) is 7.20. The number of halogens is 1. The summed E-state index contributed by atoms with van der Waals surface area (Å²) in [6.45, 7) is 2.02. The lowest BCUT2D eigenvalue weighted by molar-refractivity contribution is -0.915. The Labute approximate surface area is 139 Å². The van der Waals surface area contributed by atoms with Crippen LogP contribution in [-0.4, -0.2) is 30.9 Å². The molecule has 2 heterocycles. The summed E-state index contributed by atoms with van der Waals surface area (Å²) < 4.78 is 0.946. The van der Waals surface area contributed by atoms with Crippen molar-refractivity contribution in [1.29, 1.82) is 0 Å². The van der Waals surface area contributed by atoms with E-state index < -0.39 is 0 Å². The summed E-state index contributed by atoms with van der Waals surface area (Å²) in [5.41, 5.74) is 0.687. The number of benzene rings is 1. The number of amides is 2. The van der Waals surface area contributed by atoms with E-state index in [0.29, 0.717) is 12.1 Å². The molecule has 2 aliphatic heterocycles. The van der Waals surface area contributed by atoms with Crippen LogP contribution in [0, 0.1) is 0 Å². The first-order valence-corrected chi connectivity index (χ1v) is 8.93. The number of nitrogens with zero attached hydrogens (tertiary/aromatic N) is 1. The summed E-state index contributed by atoms with van der Waals surface area (Å²) in [4.78, 5) is 27.8. The molecule has 1 aromatic carbocycles. The normalized spacial score (nSPS) is 24.4. The van der Waals surface area contributed by atoms with E-state index in [1.54, 1.807) is 0 Å². The van der Waals surface area contributed by atoms with Crippen molar-refractivity contribution >= 4 is 33.4 Å². The average Bonchev–Trinajstić information content (AvgIpc) is 2.75. The topological polar surface area (TPSA) is 41.8 Å². The molecule has 1 aromatic rings. The van der Waals surface area contributed by atoms with E-state index >= 15 is 0 Å². The number of likely N-dealkylation sites (tertiary alicyclic amines) is 1. The lowest BCUT2D eigenvalue weighted by Gasteiger charge is -2.26. The third kappa shape index (κ3) is 3.25. The largest absolute Gasteiger partial charge is 0.324 e. The quantitative estimate of drug-likeness (QED) is 0.813. The van der Waals surface area contributed by atoms with Gasteiger partial charge in [-0.3, -0.25) is 9.59 Å². The van der Waals surface area contributed by atoms with E-state index in [1.807, 2.05) is 24.3 Å². The SMILES string of the molecule is O=C1C[C@@H]([NH+]2CCCCCCC2)C(=O)N1c1ccc(Br)cc1. The van der Waals surface area contributed by atoms with Gasteiger partial charge in [-0.15, -0.1) is 0 Å². The zero-order chi connectivity index (χ0) is 15.5. The minimum Gasteiger partial charge on any atom is -0.324 e. The molecule has 1 atom stereocenters. The molecule has 5 heteroatoms. The van der Waals surface area contributed by atoms with Crippen LogP contribution in [-0.2, 0) is 9.59 Å². The number of hydrogen-bond acceptors (Lipinski definition) is 2. The smallest absolute Gasteiger partial charge is 0.292 e. The van der Waals surface area contributed by atoms with Crippen molar-refractivity contribution in [1.82, 2.24) is 0 Å². The first-order chi connectivity index (χ1) is 10.7. The predicted octanol–water partition coefficient (Wildman–Crippen LogP) is 1.93. The van der Waals surface area contributed by atoms with Crippen molar-refractivity contribution in [3.63, 3.8) is 0 Å². The van der Waals surface area contributed by atoms with Crippen molar-refractivity contribution in [2.24, 2.45) is 0 Å². The van der Waals surface area contributed by atoms with E-state index in [-0.39, 0.29) is 17.9 Å². The van der Waals surface area contributed by atoms with Gasteiger partial charge >= 0.3 is 0 Å². The number of quaternary nitrogens is 1. The second-order valence-corrected chi connectivity index (χ2v) is 7.14. The maximum Gasteiger partial charge on any atom is 0.292 e. The molecule has 4 nitrogen and oxygen atoms in total. The molecular formula is C17H22BrN2O2+. The van der Waals surface area contributed by atoms with Gasteiger partial charge in [0.2, 0.25) is 5.91 Å². The molecule has 118 valence electrons. The Kier molecular flexibility index (Phi) is 4.93. The van der Waals surface area contributed by atoms with Gasteiger partial charge in [0.1, 0.15) is 0 Å². The molecule has 0 radical (unpaired) electrons. The van der Waals surface area contributed by atoms with Gasteiger partial charge in [0.15, 0.2) is 6.04 Å². The van der Waals surface area contributed by atoms with Crippen LogP contribution in [0.4, 0.5) is 5.69 Å². The molecule has 0 saturated carbocycles. The Morgan fingerprint density at radius 3 is 2.18 bits per heavy atom. The number of carbonyl (C=O) groups excluding carboxylic acids is 2. The summed E-state index contributed by atoms with van der Waals surface area (Å²) in [7, 11) is 0. The van der Waals surface area contributed by atoms with Crippen molar-refractivity contribution < 1.29 is 14.5 Å². The molecular weight excluding hydrogens is 344 g/mol. The van der Waals surface area contributed by atoms with Gasteiger partial charge in [-0.25, -0.2) is 4.90 Å². The fourth-order valence-electron chi connectivity index (χ4n) is 3.52. The third-order valence-electron chi connectivity index (χ3n) is 4.72. The molecule has 3 rings (SSSR count). The van der Waals surface area contributed by atoms with Crippen LogP contribution in [0.25, 0.3) is 0 Å². The second-order valence-electron chi connectivity index (χ2n) is 6.23. The van der Waals surface area contributed by atoms with Crippen LogP contribution < -0.4 is 9.80 Å². The molecule has 1 N–H and O–H groups in total. The van der Waals surface area contributed by atoms with Gasteiger partial charge < -0.3 is 4.90 Å². The molecule has 0 bridgehead atoms. The second kappa shape index (κ2) is 6.92. The average molecular weight is 366 g/mol. The molecule has 2 aliphatic rings. The maximum atomic E-state index is 12.8.